The minimum atomic E-state index is 0.834. The molecular weight excluding hydrogens is 264 g/mol. The van der Waals surface area contributed by atoms with Crippen molar-refractivity contribution < 1.29 is 0 Å². The van der Waals surface area contributed by atoms with Gasteiger partial charge in [-0.25, -0.2) is 0 Å². The summed E-state index contributed by atoms with van der Waals surface area (Å²) in [7, 11) is 0. The first-order valence-electron chi connectivity index (χ1n) is 7.92. The van der Waals surface area contributed by atoms with Crippen molar-refractivity contribution in [2.75, 3.05) is 0 Å². The van der Waals surface area contributed by atoms with Crippen LogP contribution in [0.1, 0.15) is 64.2 Å². The molecule has 0 heterocycles. The normalized spacial score (nSPS) is 8.45. The van der Waals surface area contributed by atoms with Crippen LogP contribution in [0, 0.1) is 60.2 Å². The van der Waals surface area contributed by atoms with Crippen LogP contribution in [0.25, 0.3) is 0 Å². The van der Waals surface area contributed by atoms with Crippen LogP contribution in [-0.2, 0) is 0 Å². The van der Waals surface area contributed by atoms with Crippen LogP contribution in [0.15, 0.2) is 12.2 Å². The molecule has 0 N–H and O–H groups in total. The quantitative estimate of drug-likeness (QED) is 0.425. The Labute approximate surface area is 137 Å². The number of terminal acetylenes is 2. The molecule has 0 saturated carbocycles. The molecule has 112 valence electrons. The third-order valence-electron chi connectivity index (χ3n) is 2.87. The molecule has 0 nitrogen and oxygen atoms in total. The minimum absolute atomic E-state index is 0.834. The fraction of sp³-hybridized carbons (Fsp3) is 0.455. The van der Waals surface area contributed by atoms with Crippen LogP contribution in [0.4, 0.5) is 0 Å². The maximum absolute atomic E-state index is 5.17. The van der Waals surface area contributed by atoms with Crippen molar-refractivity contribution in [1.29, 1.82) is 0 Å². The predicted octanol–water partition coefficient (Wildman–Crippen LogP) is 4.72. The Kier molecular flexibility index (Phi) is 16.5. The van der Waals surface area contributed by atoms with Crippen LogP contribution in [0.5, 0.6) is 0 Å². The summed E-state index contributed by atoms with van der Waals surface area (Å²) >= 11 is 0. The second-order valence-electron chi connectivity index (χ2n) is 4.79. The average Bonchev–Trinajstić information content (AvgIpc) is 2.54. The number of hydrogen-bond acceptors (Lipinski definition) is 0. The van der Waals surface area contributed by atoms with Gasteiger partial charge < -0.3 is 0 Å². The fourth-order valence-electron chi connectivity index (χ4n) is 1.70. The molecule has 0 saturated heterocycles. The van der Waals surface area contributed by atoms with E-state index in [1.54, 1.807) is 6.08 Å². The molecule has 0 aliphatic carbocycles. The molecule has 0 amide bonds. The van der Waals surface area contributed by atoms with Gasteiger partial charge in [0.25, 0.3) is 0 Å². The van der Waals surface area contributed by atoms with E-state index in [9.17, 15) is 0 Å². The Hall–Kier alpha value is -2.46. The Balaban J connectivity index is 3.48. The highest BCUT2D eigenvalue weighted by Gasteiger charge is 1.86. The van der Waals surface area contributed by atoms with Crippen molar-refractivity contribution in [3.63, 3.8) is 0 Å². The summed E-state index contributed by atoms with van der Waals surface area (Å²) in [6.07, 6.45) is 24.6. The average molecular weight is 288 g/mol. The van der Waals surface area contributed by atoms with Crippen LogP contribution in [0.2, 0.25) is 0 Å². The molecule has 0 heteroatoms. The molecule has 22 heavy (non-hydrogen) atoms. The van der Waals surface area contributed by atoms with Crippen molar-refractivity contribution in [1.82, 2.24) is 0 Å². The lowest BCUT2D eigenvalue weighted by Crippen LogP contribution is -1.76. The Morgan fingerprint density at radius 2 is 1.23 bits per heavy atom. The molecule has 0 fully saturated rings. The first-order valence-corrected chi connectivity index (χ1v) is 7.92. The molecule has 0 unspecified atom stereocenters. The van der Waals surface area contributed by atoms with Crippen LogP contribution < -0.4 is 0 Å². The fourth-order valence-corrected chi connectivity index (χ4v) is 1.70. The third-order valence-corrected chi connectivity index (χ3v) is 2.87. The first-order chi connectivity index (χ1) is 10.9. The van der Waals surface area contributed by atoms with E-state index in [1.807, 2.05) is 6.08 Å². The molecule has 0 radical (unpaired) electrons. The summed E-state index contributed by atoms with van der Waals surface area (Å²) in [5, 5.41) is 0. The van der Waals surface area contributed by atoms with Crippen molar-refractivity contribution >= 4 is 0 Å². The largest absolute Gasteiger partial charge is 0.120 e. The van der Waals surface area contributed by atoms with Gasteiger partial charge >= 0.3 is 0 Å². The Morgan fingerprint density at radius 1 is 0.636 bits per heavy atom. The maximum atomic E-state index is 5.17. The monoisotopic (exact) mass is 288 g/mol. The van der Waals surface area contributed by atoms with E-state index in [1.165, 1.54) is 19.3 Å². The van der Waals surface area contributed by atoms with Gasteiger partial charge in [0, 0.05) is 19.3 Å². The van der Waals surface area contributed by atoms with Gasteiger partial charge in [0.05, 0.1) is 0 Å². The summed E-state index contributed by atoms with van der Waals surface area (Å²) in [5.74, 6) is 22.4. The molecule has 0 rings (SSSR count). The highest BCUT2D eigenvalue weighted by molar-refractivity contribution is 5.35. The smallest absolute Gasteiger partial charge is 0.00992 e. The standard InChI is InChI=1S/C22H24/c1-3-5-7-9-11-13-15-17-19-21-22-20-18-16-14-12-10-8-6-4-2/h1-2,5,7H,6,8-13,15,17,19H2/b7-5-. The predicted molar refractivity (Wildman–Crippen MR) is 96.3 cm³/mol. The summed E-state index contributed by atoms with van der Waals surface area (Å²) in [6.45, 7) is 0. The van der Waals surface area contributed by atoms with E-state index in [0.29, 0.717) is 0 Å². The number of rotatable bonds is 9. The zero-order valence-corrected chi connectivity index (χ0v) is 13.4. The molecule has 0 aromatic carbocycles. The van der Waals surface area contributed by atoms with Crippen molar-refractivity contribution in [3.05, 3.63) is 12.2 Å². The molecule has 0 aliphatic heterocycles. The van der Waals surface area contributed by atoms with Crippen LogP contribution in [0.3, 0.4) is 0 Å². The van der Waals surface area contributed by atoms with Gasteiger partial charge in [-0.15, -0.1) is 18.8 Å². The van der Waals surface area contributed by atoms with Gasteiger partial charge in [-0.1, -0.05) is 36.7 Å². The highest BCUT2D eigenvalue weighted by atomic mass is 13.9. The van der Waals surface area contributed by atoms with Gasteiger partial charge in [-0.05, 0) is 61.9 Å². The van der Waals surface area contributed by atoms with E-state index in [4.69, 9.17) is 12.8 Å². The molecule has 0 atom stereocenters. The van der Waals surface area contributed by atoms with E-state index < -0.39 is 0 Å². The zero-order chi connectivity index (χ0) is 16.1. The number of hydrogen-bond donors (Lipinski definition) is 0. The van der Waals surface area contributed by atoms with Crippen LogP contribution in [-0.4, -0.2) is 0 Å². The molecule has 0 aliphatic rings. The summed E-state index contributed by atoms with van der Waals surface area (Å²) < 4.78 is 0. The van der Waals surface area contributed by atoms with E-state index in [2.05, 4.69) is 47.4 Å². The zero-order valence-electron chi connectivity index (χ0n) is 13.4. The Bertz CT molecular complexity index is 556. The summed E-state index contributed by atoms with van der Waals surface area (Å²) in [6, 6.07) is 0. The van der Waals surface area contributed by atoms with E-state index in [0.717, 1.165) is 44.9 Å². The lowest BCUT2D eigenvalue weighted by atomic mass is 10.1. The SMILES string of the molecule is C#C/C=C\CCCCCCC#CC#CC#CCCCCC#C. The molecule has 0 aromatic heterocycles. The van der Waals surface area contributed by atoms with E-state index >= 15 is 0 Å². The first kappa shape index (κ1) is 19.5. The van der Waals surface area contributed by atoms with Gasteiger partial charge in [-0.3, -0.25) is 0 Å². The van der Waals surface area contributed by atoms with Gasteiger partial charge in [-0.2, -0.15) is 0 Å². The molecule has 0 spiro atoms. The second kappa shape index (κ2) is 18.5. The topological polar surface area (TPSA) is 0 Å². The van der Waals surface area contributed by atoms with Crippen molar-refractivity contribution in [3.8, 4) is 60.2 Å². The summed E-state index contributed by atoms with van der Waals surface area (Å²) in [4.78, 5) is 0. The van der Waals surface area contributed by atoms with Gasteiger partial charge in [0.2, 0.25) is 0 Å². The molecule has 0 aromatic rings. The lowest BCUT2D eigenvalue weighted by molar-refractivity contribution is 0.656. The molecule has 0 bridgehead atoms. The number of allylic oxidation sites excluding steroid dienone is 2. The van der Waals surface area contributed by atoms with Crippen molar-refractivity contribution in [2.24, 2.45) is 0 Å². The van der Waals surface area contributed by atoms with Crippen LogP contribution >= 0.6 is 0 Å². The Morgan fingerprint density at radius 3 is 1.86 bits per heavy atom. The van der Waals surface area contributed by atoms with Gasteiger partial charge in [0.1, 0.15) is 0 Å². The minimum Gasteiger partial charge on any atom is -0.120 e. The third kappa shape index (κ3) is 17.5. The second-order valence-corrected chi connectivity index (χ2v) is 4.79. The molecular formula is C22H24. The van der Waals surface area contributed by atoms with Gasteiger partial charge in [0.15, 0.2) is 0 Å². The maximum Gasteiger partial charge on any atom is 0.00992 e. The summed E-state index contributed by atoms with van der Waals surface area (Å²) in [5.41, 5.74) is 0. The lowest BCUT2D eigenvalue weighted by Gasteiger charge is -1.94. The highest BCUT2D eigenvalue weighted by Crippen LogP contribution is 2.05. The number of unbranched alkanes of at least 4 members (excludes halogenated alkanes) is 8. The van der Waals surface area contributed by atoms with Crippen molar-refractivity contribution in [2.45, 2.75) is 64.2 Å². The van der Waals surface area contributed by atoms with E-state index in [-0.39, 0.29) is 0 Å².